The van der Waals surface area contributed by atoms with Crippen molar-refractivity contribution in [2.75, 3.05) is 20.3 Å². The van der Waals surface area contributed by atoms with Gasteiger partial charge in [-0.2, -0.15) is 0 Å². The van der Waals surface area contributed by atoms with E-state index in [4.69, 9.17) is 4.74 Å². The molecule has 0 aromatic heterocycles. The molecule has 0 saturated carbocycles. The van der Waals surface area contributed by atoms with E-state index < -0.39 is 6.04 Å². The van der Waals surface area contributed by atoms with Crippen LogP contribution in [-0.2, 0) is 16.1 Å². The number of nitrogens with zero attached hydrogens (tertiary/aromatic N) is 1. The molecule has 0 saturated heterocycles. The van der Waals surface area contributed by atoms with Gasteiger partial charge in [-0.3, -0.25) is 9.59 Å². The van der Waals surface area contributed by atoms with Crippen molar-refractivity contribution in [1.82, 2.24) is 10.2 Å². The molecule has 0 aliphatic heterocycles. The molecule has 3 aromatic rings. The van der Waals surface area contributed by atoms with Crippen molar-refractivity contribution >= 4 is 11.8 Å². The third-order valence-electron chi connectivity index (χ3n) is 5.06. The first-order chi connectivity index (χ1) is 15.2. The van der Waals surface area contributed by atoms with Gasteiger partial charge in [0, 0.05) is 25.8 Å². The number of amides is 2. The average molecular weight is 417 g/mol. The minimum absolute atomic E-state index is 0.0388. The van der Waals surface area contributed by atoms with Gasteiger partial charge < -0.3 is 15.0 Å². The molecule has 0 spiro atoms. The lowest BCUT2D eigenvalue weighted by molar-refractivity contribution is -0.133. The van der Waals surface area contributed by atoms with Gasteiger partial charge in [0.25, 0.3) is 5.91 Å². The summed E-state index contributed by atoms with van der Waals surface area (Å²) < 4.78 is 5.21. The Morgan fingerprint density at radius 2 is 1.45 bits per heavy atom. The fourth-order valence-corrected chi connectivity index (χ4v) is 3.37. The van der Waals surface area contributed by atoms with Crippen LogP contribution in [0.1, 0.15) is 33.9 Å². The van der Waals surface area contributed by atoms with Crippen molar-refractivity contribution in [1.29, 1.82) is 0 Å². The van der Waals surface area contributed by atoms with Crippen LogP contribution < -0.4 is 5.32 Å². The molecule has 5 heteroatoms. The van der Waals surface area contributed by atoms with E-state index in [9.17, 15) is 9.59 Å². The van der Waals surface area contributed by atoms with Gasteiger partial charge in [0.2, 0.25) is 5.91 Å². The van der Waals surface area contributed by atoms with Crippen LogP contribution in [-0.4, -0.2) is 37.0 Å². The van der Waals surface area contributed by atoms with Crippen LogP contribution in [0.3, 0.4) is 0 Å². The van der Waals surface area contributed by atoms with Crippen LogP contribution in [0.2, 0.25) is 0 Å². The largest absolute Gasteiger partial charge is 0.383 e. The molecule has 0 aliphatic rings. The van der Waals surface area contributed by atoms with Gasteiger partial charge >= 0.3 is 0 Å². The zero-order chi connectivity index (χ0) is 21.9. The van der Waals surface area contributed by atoms with E-state index in [2.05, 4.69) is 5.32 Å². The maximum atomic E-state index is 13.3. The van der Waals surface area contributed by atoms with Gasteiger partial charge in [-0.1, -0.05) is 78.9 Å². The zero-order valence-electron chi connectivity index (χ0n) is 17.7. The molecule has 5 nitrogen and oxygen atoms in total. The Morgan fingerprint density at radius 3 is 2.06 bits per heavy atom. The molecule has 0 bridgehead atoms. The lowest BCUT2D eigenvalue weighted by atomic mass is 10.0. The quantitative estimate of drug-likeness (QED) is 0.538. The molecule has 0 heterocycles. The van der Waals surface area contributed by atoms with Crippen molar-refractivity contribution in [3.05, 3.63) is 108 Å². The van der Waals surface area contributed by atoms with E-state index in [1.54, 1.807) is 24.1 Å². The van der Waals surface area contributed by atoms with Crippen LogP contribution in [0.25, 0.3) is 0 Å². The number of hydrogen-bond donors (Lipinski definition) is 1. The molecule has 160 valence electrons. The van der Waals surface area contributed by atoms with Crippen molar-refractivity contribution in [2.24, 2.45) is 0 Å². The Balaban J connectivity index is 1.77. The van der Waals surface area contributed by atoms with Crippen LogP contribution in [0.4, 0.5) is 0 Å². The maximum absolute atomic E-state index is 13.3. The number of carbonyl (C=O) groups is 2. The molecular weight excluding hydrogens is 388 g/mol. The average Bonchev–Trinajstić information content (AvgIpc) is 2.83. The minimum atomic E-state index is -0.428. The van der Waals surface area contributed by atoms with E-state index in [1.807, 2.05) is 78.9 Å². The predicted molar refractivity (Wildman–Crippen MR) is 121 cm³/mol. The molecule has 1 atom stereocenters. The highest BCUT2D eigenvalue weighted by atomic mass is 16.5. The van der Waals surface area contributed by atoms with Gasteiger partial charge in [-0.05, 0) is 23.3 Å². The fourth-order valence-electron chi connectivity index (χ4n) is 3.37. The third kappa shape index (κ3) is 6.79. The van der Waals surface area contributed by atoms with Crippen LogP contribution in [0.15, 0.2) is 91.0 Å². The molecule has 1 unspecified atom stereocenters. The summed E-state index contributed by atoms with van der Waals surface area (Å²) in [6.45, 7) is 1.43. The molecule has 3 aromatic carbocycles. The Labute approximate surface area is 183 Å². The highest BCUT2D eigenvalue weighted by Crippen LogP contribution is 2.20. The van der Waals surface area contributed by atoms with Gasteiger partial charge in [-0.25, -0.2) is 0 Å². The first-order valence-corrected chi connectivity index (χ1v) is 10.4. The molecule has 0 fully saturated rings. The minimum Gasteiger partial charge on any atom is -0.383 e. The summed E-state index contributed by atoms with van der Waals surface area (Å²) in [5.41, 5.74) is 2.51. The summed E-state index contributed by atoms with van der Waals surface area (Å²) in [7, 11) is 1.62. The first-order valence-electron chi connectivity index (χ1n) is 10.4. The van der Waals surface area contributed by atoms with Gasteiger partial charge in [0.1, 0.15) is 0 Å². The smallest absolute Gasteiger partial charge is 0.251 e. The van der Waals surface area contributed by atoms with Crippen LogP contribution >= 0.6 is 0 Å². The Kier molecular flexibility index (Phi) is 8.38. The number of nitrogens with one attached hydrogen (secondary N) is 1. The first kappa shape index (κ1) is 22.2. The Morgan fingerprint density at radius 1 is 0.871 bits per heavy atom. The molecule has 0 radical (unpaired) electrons. The number of rotatable bonds is 10. The second kappa shape index (κ2) is 11.7. The summed E-state index contributed by atoms with van der Waals surface area (Å²) in [4.78, 5) is 27.8. The lowest BCUT2D eigenvalue weighted by Crippen LogP contribution is -2.37. The summed E-state index contributed by atoms with van der Waals surface area (Å²) in [6, 6.07) is 28.1. The van der Waals surface area contributed by atoms with Gasteiger partial charge in [0.15, 0.2) is 0 Å². The van der Waals surface area contributed by atoms with Crippen LogP contribution in [0, 0.1) is 0 Å². The summed E-state index contributed by atoms with van der Waals surface area (Å²) in [5, 5.41) is 3.04. The molecular formula is C26H28N2O3. The summed E-state index contributed by atoms with van der Waals surface area (Å²) in [6.07, 6.45) is 0.166. The number of hydrogen-bond acceptors (Lipinski definition) is 3. The molecule has 3 rings (SSSR count). The van der Waals surface area contributed by atoms with Crippen molar-refractivity contribution < 1.29 is 14.3 Å². The number of benzene rings is 3. The topological polar surface area (TPSA) is 58.6 Å². The van der Waals surface area contributed by atoms with Gasteiger partial charge in [-0.15, -0.1) is 0 Å². The third-order valence-corrected chi connectivity index (χ3v) is 5.06. The normalized spacial score (nSPS) is 11.5. The molecule has 0 aliphatic carbocycles. The fraction of sp³-hybridized carbons (Fsp3) is 0.231. The number of methoxy groups -OCH3 is 1. The van der Waals surface area contributed by atoms with E-state index in [0.29, 0.717) is 25.3 Å². The standard InChI is InChI=1S/C26H28N2O3/c1-31-18-17-28(20-21-11-5-2-6-12-21)25(29)19-24(22-13-7-3-8-14-22)27-26(30)23-15-9-4-10-16-23/h2-16,24H,17-20H2,1H3,(H,27,30). The molecule has 31 heavy (non-hydrogen) atoms. The zero-order valence-corrected chi connectivity index (χ0v) is 17.7. The predicted octanol–water partition coefficient (Wildman–Crippen LogP) is 4.22. The van der Waals surface area contributed by atoms with Crippen molar-refractivity contribution in [2.45, 2.75) is 19.0 Å². The van der Waals surface area contributed by atoms with Crippen molar-refractivity contribution in [3.63, 3.8) is 0 Å². The van der Waals surface area contributed by atoms with Crippen molar-refractivity contribution in [3.8, 4) is 0 Å². The number of carbonyl (C=O) groups excluding carboxylic acids is 2. The Hall–Kier alpha value is -3.44. The number of ether oxygens (including phenoxy) is 1. The SMILES string of the molecule is COCCN(Cc1ccccc1)C(=O)CC(NC(=O)c1ccccc1)c1ccccc1. The monoisotopic (exact) mass is 416 g/mol. The highest BCUT2D eigenvalue weighted by Gasteiger charge is 2.23. The summed E-state index contributed by atoms with van der Waals surface area (Å²) >= 11 is 0. The van der Waals surface area contributed by atoms with E-state index in [1.165, 1.54) is 0 Å². The van der Waals surface area contributed by atoms with Gasteiger partial charge in [0.05, 0.1) is 19.1 Å². The lowest BCUT2D eigenvalue weighted by Gasteiger charge is -2.26. The second-order valence-corrected chi connectivity index (χ2v) is 7.30. The van der Waals surface area contributed by atoms with E-state index >= 15 is 0 Å². The summed E-state index contributed by atoms with van der Waals surface area (Å²) in [5.74, 6) is -0.239. The maximum Gasteiger partial charge on any atom is 0.251 e. The molecule has 2 amide bonds. The van der Waals surface area contributed by atoms with E-state index in [-0.39, 0.29) is 18.2 Å². The van der Waals surface area contributed by atoms with E-state index in [0.717, 1.165) is 11.1 Å². The molecule has 1 N–H and O–H groups in total. The highest BCUT2D eigenvalue weighted by molar-refractivity contribution is 5.94. The Bertz CT molecular complexity index is 946. The van der Waals surface area contributed by atoms with Crippen LogP contribution in [0.5, 0.6) is 0 Å². The second-order valence-electron chi connectivity index (χ2n) is 7.30.